The van der Waals surface area contributed by atoms with Crippen molar-refractivity contribution >= 4 is 18.4 Å². The smallest absolute Gasteiger partial charge is 0.310 e. The Hall–Kier alpha value is -0.280. The van der Waals surface area contributed by atoms with Crippen molar-refractivity contribution < 1.29 is 9.53 Å². The fourth-order valence-corrected chi connectivity index (χ4v) is 3.08. The van der Waals surface area contributed by atoms with Gasteiger partial charge in [0, 0.05) is 6.04 Å². The molecule has 0 unspecified atom stereocenters. The van der Waals surface area contributed by atoms with Crippen LogP contribution in [0.15, 0.2) is 0 Å². The van der Waals surface area contributed by atoms with Crippen LogP contribution in [0, 0.1) is 17.8 Å². The Bertz CT molecular complexity index is 225. The average Bonchev–Trinajstić information content (AvgIpc) is 2.19. The van der Waals surface area contributed by atoms with Crippen molar-refractivity contribution in [1.29, 1.82) is 0 Å². The van der Waals surface area contributed by atoms with Crippen LogP contribution in [0.2, 0.25) is 0 Å². The topological polar surface area (TPSA) is 52.3 Å². The molecule has 0 spiro atoms. The summed E-state index contributed by atoms with van der Waals surface area (Å²) in [5.74, 6) is 0.986. The minimum Gasteiger partial charge on any atom is -0.466 e. The molecule has 15 heavy (non-hydrogen) atoms. The molecule has 0 aromatic carbocycles. The molecule has 0 amide bonds. The van der Waals surface area contributed by atoms with Gasteiger partial charge in [-0.25, -0.2) is 0 Å². The van der Waals surface area contributed by atoms with Crippen molar-refractivity contribution in [1.82, 2.24) is 0 Å². The van der Waals surface area contributed by atoms with Crippen molar-refractivity contribution in [3.05, 3.63) is 0 Å². The molecule has 0 aromatic heterocycles. The number of carbonyl (C=O) groups excluding carboxylic acids is 1. The molecule has 0 saturated heterocycles. The van der Waals surface area contributed by atoms with E-state index in [1.807, 2.05) is 6.92 Å². The van der Waals surface area contributed by atoms with E-state index in [1.54, 1.807) is 0 Å². The molecular weight excluding hydrogens is 214 g/mol. The number of halogens is 1. The molecular formula is C11H20ClNO2. The molecule has 4 heteroatoms. The van der Waals surface area contributed by atoms with Gasteiger partial charge >= 0.3 is 5.97 Å². The van der Waals surface area contributed by atoms with Gasteiger partial charge in [0.05, 0.1) is 12.5 Å². The van der Waals surface area contributed by atoms with Gasteiger partial charge in [-0.05, 0) is 44.4 Å². The molecule has 3 aliphatic carbocycles. The largest absolute Gasteiger partial charge is 0.466 e. The summed E-state index contributed by atoms with van der Waals surface area (Å²) in [5, 5.41) is 0. The third-order valence-electron chi connectivity index (χ3n) is 3.84. The predicted octanol–water partition coefficient (Wildman–Crippen LogP) is 1.73. The second-order valence-electron chi connectivity index (χ2n) is 4.53. The van der Waals surface area contributed by atoms with Crippen molar-refractivity contribution in [3.8, 4) is 0 Å². The zero-order valence-corrected chi connectivity index (χ0v) is 9.96. The van der Waals surface area contributed by atoms with Crippen LogP contribution in [0.5, 0.6) is 0 Å². The van der Waals surface area contributed by atoms with Gasteiger partial charge < -0.3 is 10.5 Å². The maximum absolute atomic E-state index is 11.7. The van der Waals surface area contributed by atoms with Gasteiger partial charge in [0.15, 0.2) is 0 Å². The van der Waals surface area contributed by atoms with Crippen LogP contribution < -0.4 is 5.73 Å². The third kappa shape index (κ3) is 2.28. The molecule has 3 aliphatic rings. The van der Waals surface area contributed by atoms with Crippen LogP contribution in [-0.2, 0) is 9.53 Å². The average molecular weight is 234 g/mol. The Morgan fingerprint density at radius 1 is 1.27 bits per heavy atom. The summed E-state index contributed by atoms with van der Waals surface area (Å²) in [4.78, 5) is 11.7. The van der Waals surface area contributed by atoms with Crippen molar-refractivity contribution in [2.45, 2.75) is 38.6 Å². The Balaban J connectivity index is 0.00000112. The molecule has 0 heterocycles. The highest BCUT2D eigenvalue weighted by Gasteiger charge is 2.45. The maximum Gasteiger partial charge on any atom is 0.310 e. The first-order valence-corrected chi connectivity index (χ1v) is 5.66. The number of rotatable bonds is 2. The fourth-order valence-electron chi connectivity index (χ4n) is 3.08. The molecule has 0 radical (unpaired) electrons. The first kappa shape index (κ1) is 12.8. The van der Waals surface area contributed by atoms with E-state index in [9.17, 15) is 4.79 Å². The summed E-state index contributed by atoms with van der Waals surface area (Å²) in [6.07, 6.45) is 4.76. The summed E-state index contributed by atoms with van der Waals surface area (Å²) in [6, 6.07) is 0.0570. The molecule has 2 N–H and O–H groups in total. The molecule has 3 rings (SSSR count). The molecule has 3 fully saturated rings. The van der Waals surface area contributed by atoms with Gasteiger partial charge in [0.25, 0.3) is 0 Å². The van der Waals surface area contributed by atoms with Crippen LogP contribution in [0.4, 0.5) is 0 Å². The van der Waals surface area contributed by atoms with Crippen molar-refractivity contribution in [2.24, 2.45) is 23.5 Å². The second-order valence-corrected chi connectivity index (χ2v) is 4.53. The summed E-state index contributed by atoms with van der Waals surface area (Å²) in [6.45, 7) is 2.32. The number of hydrogen-bond donors (Lipinski definition) is 1. The molecule has 3 saturated carbocycles. The predicted molar refractivity (Wildman–Crippen MR) is 60.8 cm³/mol. The van der Waals surface area contributed by atoms with Crippen molar-refractivity contribution in [3.63, 3.8) is 0 Å². The zero-order valence-electron chi connectivity index (χ0n) is 9.15. The van der Waals surface area contributed by atoms with Gasteiger partial charge in [-0.3, -0.25) is 4.79 Å². The monoisotopic (exact) mass is 233 g/mol. The highest BCUT2D eigenvalue weighted by Crippen LogP contribution is 2.44. The van der Waals surface area contributed by atoms with Gasteiger partial charge in [-0.15, -0.1) is 12.4 Å². The number of hydrogen-bond acceptors (Lipinski definition) is 3. The highest BCUT2D eigenvalue weighted by atomic mass is 35.5. The van der Waals surface area contributed by atoms with Gasteiger partial charge in [0.2, 0.25) is 0 Å². The number of fused-ring (bicyclic) bond motifs is 3. The Kier molecular flexibility index (Phi) is 4.41. The van der Waals surface area contributed by atoms with Crippen LogP contribution in [0.3, 0.4) is 0 Å². The number of carbonyl (C=O) groups is 1. The second kappa shape index (κ2) is 5.17. The van der Waals surface area contributed by atoms with Gasteiger partial charge in [-0.2, -0.15) is 0 Å². The summed E-state index contributed by atoms with van der Waals surface area (Å²) >= 11 is 0. The van der Waals surface area contributed by atoms with E-state index >= 15 is 0 Å². The van der Waals surface area contributed by atoms with E-state index in [2.05, 4.69) is 0 Å². The van der Waals surface area contributed by atoms with Gasteiger partial charge in [-0.1, -0.05) is 0 Å². The van der Waals surface area contributed by atoms with Crippen molar-refractivity contribution in [2.75, 3.05) is 6.61 Å². The Morgan fingerprint density at radius 3 is 2.27 bits per heavy atom. The fraction of sp³-hybridized carbons (Fsp3) is 0.909. The first-order chi connectivity index (χ1) is 6.74. The van der Waals surface area contributed by atoms with Crippen LogP contribution >= 0.6 is 12.4 Å². The summed E-state index contributed by atoms with van der Waals surface area (Å²) in [5.41, 5.74) is 6.09. The minimum absolute atomic E-state index is 0. The van der Waals surface area contributed by atoms with Crippen LogP contribution in [0.1, 0.15) is 32.6 Å². The van der Waals surface area contributed by atoms with Crippen LogP contribution in [-0.4, -0.2) is 18.6 Å². The van der Waals surface area contributed by atoms with E-state index in [0.29, 0.717) is 18.4 Å². The third-order valence-corrected chi connectivity index (χ3v) is 3.84. The van der Waals surface area contributed by atoms with E-state index < -0.39 is 0 Å². The quantitative estimate of drug-likeness (QED) is 0.740. The Morgan fingerprint density at radius 2 is 1.80 bits per heavy atom. The van der Waals surface area contributed by atoms with E-state index in [0.717, 1.165) is 0 Å². The lowest BCUT2D eigenvalue weighted by Gasteiger charge is -2.45. The number of nitrogens with two attached hydrogens (primary N) is 1. The van der Waals surface area contributed by atoms with E-state index in [1.165, 1.54) is 25.7 Å². The van der Waals surface area contributed by atoms with E-state index in [4.69, 9.17) is 10.5 Å². The molecule has 0 aliphatic heterocycles. The highest BCUT2D eigenvalue weighted by molar-refractivity contribution is 5.85. The van der Waals surface area contributed by atoms with Gasteiger partial charge in [0.1, 0.15) is 0 Å². The molecule has 88 valence electrons. The summed E-state index contributed by atoms with van der Waals surface area (Å²) < 4.78 is 5.09. The Labute approximate surface area is 97.1 Å². The summed E-state index contributed by atoms with van der Waals surface area (Å²) in [7, 11) is 0. The molecule has 2 bridgehead atoms. The molecule has 3 nitrogen and oxygen atoms in total. The zero-order chi connectivity index (χ0) is 10.1. The maximum atomic E-state index is 11.7. The molecule has 2 atom stereocenters. The first-order valence-electron chi connectivity index (χ1n) is 5.66. The lowest BCUT2D eigenvalue weighted by molar-refractivity contribution is -0.155. The lowest BCUT2D eigenvalue weighted by atomic mass is 9.62. The number of esters is 1. The minimum atomic E-state index is -0.0607. The molecule has 0 aromatic rings. The van der Waals surface area contributed by atoms with Crippen LogP contribution in [0.25, 0.3) is 0 Å². The van der Waals surface area contributed by atoms with E-state index in [-0.39, 0.29) is 30.3 Å². The SMILES string of the molecule is CCOC(=O)[C@H]1C2CCC(CC2)[C@H]1N.Cl. The normalized spacial score (nSPS) is 38.3. The number of ether oxygens (including phenoxy) is 1. The lowest BCUT2D eigenvalue weighted by Crippen LogP contribution is -2.52. The standard InChI is InChI=1S/C11H19NO2.ClH/c1-2-14-11(13)9-7-3-5-8(6-4-7)10(9)12;/h7-10H,2-6,12H2,1H3;1H/t7?,8?,9-,10+;/m0./s1.